The SMILES string of the molecule is CC(CCN(C)C)NC(=O)C1(C)CCCCN1. The summed E-state index contributed by atoms with van der Waals surface area (Å²) >= 11 is 0. The first-order chi connectivity index (χ1) is 7.94. The predicted molar refractivity (Wildman–Crippen MR) is 71.0 cm³/mol. The van der Waals surface area contributed by atoms with Crippen LogP contribution in [0.15, 0.2) is 0 Å². The highest BCUT2D eigenvalue weighted by atomic mass is 16.2. The lowest BCUT2D eigenvalue weighted by molar-refractivity contribution is -0.128. The third-order valence-corrected chi connectivity index (χ3v) is 3.51. The fourth-order valence-corrected chi connectivity index (χ4v) is 2.16. The molecule has 0 saturated carbocycles. The van der Waals surface area contributed by atoms with Gasteiger partial charge in [0.15, 0.2) is 0 Å². The van der Waals surface area contributed by atoms with Gasteiger partial charge in [-0.3, -0.25) is 4.79 Å². The molecule has 0 bridgehead atoms. The highest BCUT2D eigenvalue weighted by Crippen LogP contribution is 2.18. The standard InChI is InChI=1S/C13H27N3O/c1-11(7-10-16(3)4)15-12(17)13(2)8-5-6-9-14-13/h11,14H,5-10H2,1-4H3,(H,15,17). The van der Waals surface area contributed by atoms with Crippen molar-refractivity contribution in [1.29, 1.82) is 0 Å². The number of hydrogen-bond acceptors (Lipinski definition) is 3. The maximum atomic E-state index is 12.2. The fourth-order valence-electron chi connectivity index (χ4n) is 2.16. The van der Waals surface area contributed by atoms with Crippen molar-refractivity contribution >= 4 is 5.91 Å². The molecule has 100 valence electrons. The average molecular weight is 241 g/mol. The van der Waals surface area contributed by atoms with Crippen LogP contribution in [0.25, 0.3) is 0 Å². The van der Waals surface area contributed by atoms with Crippen molar-refractivity contribution in [1.82, 2.24) is 15.5 Å². The molecule has 1 fully saturated rings. The van der Waals surface area contributed by atoms with Gasteiger partial charge in [0.25, 0.3) is 0 Å². The van der Waals surface area contributed by atoms with Gasteiger partial charge in [0.2, 0.25) is 5.91 Å². The number of hydrogen-bond donors (Lipinski definition) is 2. The van der Waals surface area contributed by atoms with Gasteiger partial charge in [-0.1, -0.05) is 0 Å². The zero-order valence-corrected chi connectivity index (χ0v) is 11.7. The molecule has 1 heterocycles. The summed E-state index contributed by atoms with van der Waals surface area (Å²) in [4.78, 5) is 14.3. The molecule has 1 amide bonds. The zero-order chi connectivity index (χ0) is 12.9. The highest BCUT2D eigenvalue weighted by molar-refractivity contribution is 5.86. The van der Waals surface area contributed by atoms with E-state index in [4.69, 9.17) is 0 Å². The molecule has 1 aliphatic rings. The Bertz CT molecular complexity index is 247. The van der Waals surface area contributed by atoms with E-state index in [0.29, 0.717) is 0 Å². The van der Waals surface area contributed by atoms with Gasteiger partial charge in [0.05, 0.1) is 5.54 Å². The zero-order valence-electron chi connectivity index (χ0n) is 11.7. The van der Waals surface area contributed by atoms with Crippen LogP contribution in [0.5, 0.6) is 0 Å². The van der Waals surface area contributed by atoms with E-state index < -0.39 is 0 Å². The Morgan fingerprint density at radius 2 is 2.18 bits per heavy atom. The lowest BCUT2D eigenvalue weighted by atomic mass is 9.90. The van der Waals surface area contributed by atoms with Gasteiger partial charge < -0.3 is 15.5 Å². The van der Waals surface area contributed by atoms with E-state index in [9.17, 15) is 4.79 Å². The summed E-state index contributed by atoms with van der Waals surface area (Å²) in [5, 5.41) is 6.46. The number of carbonyl (C=O) groups is 1. The summed E-state index contributed by atoms with van der Waals surface area (Å²) in [6, 6.07) is 0.241. The second-order valence-corrected chi connectivity index (χ2v) is 5.68. The van der Waals surface area contributed by atoms with Crippen LogP contribution in [-0.4, -0.2) is 49.6 Å². The predicted octanol–water partition coefficient (Wildman–Crippen LogP) is 0.975. The smallest absolute Gasteiger partial charge is 0.240 e. The molecule has 1 saturated heterocycles. The minimum absolute atomic E-state index is 0.156. The first kappa shape index (κ1) is 14.5. The maximum absolute atomic E-state index is 12.2. The Hall–Kier alpha value is -0.610. The van der Waals surface area contributed by atoms with Crippen LogP contribution < -0.4 is 10.6 Å². The van der Waals surface area contributed by atoms with Crippen molar-refractivity contribution in [2.45, 2.75) is 51.1 Å². The third-order valence-electron chi connectivity index (χ3n) is 3.51. The molecule has 4 nitrogen and oxygen atoms in total. The van der Waals surface area contributed by atoms with E-state index in [1.165, 1.54) is 6.42 Å². The van der Waals surface area contributed by atoms with Gasteiger partial charge in [-0.15, -0.1) is 0 Å². The highest BCUT2D eigenvalue weighted by Gasteiger charge is 2.34. The second-order valence-electron chi connectivity index (χ2n) is 5.68. The molecule has 2 atom stereocenters. The molecular formula is C13H27N3O. The Labute approximate surface area is 105 Å². The van der Waals surface area contributed by atoms with Crippen LogP contribution in [0.1, 0.15) is 39.5 Å². The Morgan fingerprint density at radius 1 is 1.47 bits per heavy atom. The molecule has 4 heteroatoms. The first-order valence-electron chi connectivity index (χ1n) is 6.65. The van der Waals surface area contributed by atoms with E-state index >= 15 is 0 Å². The van der Waals surface area contributed by atoms with Crippen LogP contribution in [0, 0.1) is 0 Å². The lowest BCUT2D eigenvalue weighted by Crippen LogP contribution is -2.58. The van der Waals surface area contributed by atoms with Crippen molar-refractivity contribution in [3.05, 3.63) is 0 Å². The van der Waals surface area contributed by atoms with Crippen LogP contribution in [0.3, 0.4) is 0 Å². The van der Waals surface area contributed by atoms with Crippen LogP contribution in [0.2, 0.25) is 0 Å². The van der Waals surface area contributed by atoms with E-state index in [1.807, 2.05) is 6.92 Å². The fraction of sp³-hybridized carbons (Fsp3) is 0.923. The summed E-state index contributed by atoms with van der Waals surface area (Å²) in [5.74, 6) is 0.156. The van der Waals surface area contributed by atoms with Crippen molar-refractivity contribution in [3.8, 4) is 0 Å². The van der Waals surface area contributed by atoms with Crippen LogP contribution in [-0.2, 0) is 4.79 Å². The van der Waals surface area contributed by atoms with Gasteiger partial charge in [-0.05, 0) is 66.7 Å². The molecule has 0 aromatic heterocycles. The number of nitrogens with one attached hydrogen (secondary N) is 2. The summed E-state index contributed by atoms with van der Waals surface area (Å²) in [6.07, 6.45) is 4.26. The largest absolute Gasteiger partial charge is 0.352 e. The number of nitrogens with zero attached hydrogens (tertiary/aromatic N) is 1. The molecule has 0 spiro atoms. The quantitative estimate of drug-likeness (QED) is 0.754. The normalized spacial score (nSPS) is 26.9. The van der Waals surface area contributed by atoms with Crippen molar-refractivity contribution in [2.24, 2.45) is 0 Å². The van der Waals surface area contributed by atoms with Crippen molar-refractivity contribution in [3.63, 3.8) is 0 Å². The minimum Gasteiger partial charge on any atom is -0.352 e. The van der Waals surface area contributed by atoms with Crippen LogP contribution >= 0.6 is 0 Å². The van der Waals surface area contributed by atoms with Crippen LogP contribution in [0.4, 0.5) is 0 Å². The monoisotopic (exact) mass is 241 g/mol. The Balaban J connectivity index is 2.36. The van der Waals surface area contributed by atoms with Gasteiger partial charge in [-0.2, -0.15) is 0 Å². The Kier molecular flexibility index (Phi) is 5.40. The third kappa shape index (κ3) is 4.64. The average Bonchev–Trinajstić information content (AvgIpc) is 2.27. The number of rotatable bonds is 5. The van der Waals surface area contributed by atoms with E-state index in [2.05, 4.69) is 36.6 Å². The maximum Gasteiger partial charge on any atom is 0.240 e. The molecule has 2 unspecified atom stereocenters. The summed E-state index contributed by atoms with van der Waals surface area (Å²) in [5.41, 5.74) is -0.357. The number of piperidine rings is 1. The van der Waals surface area contributed by atoms with Crippen molar-refractivity contribution in [2.75, 3.05) is 27.2 Å². The number of carbonyl (C=O) groups excluding carboxylic acids is 1. The number of amides is 1. The van der Waals surface area contributed by atoms with Gasteiger partial charge in [0, 0.05) is 6.04 Å². The molecule has 0 radical (unpaired) electrons. The topological polar surface area (TPSA) is 44.4 Å². The summed E-state index contributed by atoms with van der Waals surface area (Å²) in [6.45, 7) is 6.05. The molecule has 0 aliphatic carbocycles. The molecular weight excluding hydrogens is 214 g/mol. The molecule has 2 N–H and O–H groups in total. The van der Waals surface area contributed by atoms with Gasteiger partial charge in [0.1, 0.15) is 0 Å². The second kappa shape index (κ2) is 6.36. The molecule has 0 aromatic rings. The Morgan fingerprint density at radius 3 is 2.71 bits per heavy atom. The van der Waals surface area contributed by atoms with Gasteiger partial charge in [-0.25, -0.2) is 0 Å². The first-order valence-corrected chi connectivity index (χ1v) is 6.65. The minimum atomic E-state index is -0.357. The summed E-state index contributed by atoms with van der Waals surface area (Å²) < 4.78 is 0. The molecule has 17 heavy (non-hydrogen) atoms. The molecule has 0 aromatic carbocycles. The lowest BCUT2D eigenvalue weighted by Gasteiger charge is -2.34. The van der Waals surface area contributed by atoms with Gasteiger partial charge >= 0.3 is 0 Å². The molecule has 1 rings (SSSR count). The van der Waals surface area contributed by atoms with E-state index in [0.717, 1.165) is 32.4 Å². The van der Waals surface area contributed by atoms with E-state index in [-0.39, 0.29) is 17.5 Å². The van der Waals surface area contributed by atoms with E-state index in [1.54, 1.807) is 0 Å². The molecule has 1 aliphatic heterocycles. The van der Waals surface area contributed by atoms with Crippen molar-refractivity contribution < 1.29 is 4.79 Å². The summed E-state index contributed by atoms with van der Waals surface area (Å²) in [7, 11) is 4.11.